The summed E-state index contributed by atoms with van der Waals surface area (Å²) in [6, 6.07) is 16.4. The molecule has 0 fully saturated rings. The summed E-state index contributed by atoms with van der Waals surface area (Å²) in [6.45, 7) is 1.72. The molecule has 1 heterocycles. The second-order valence-corrected chi connectivity index (χ2v) is 9.05. The second-order valence-electron chi connectivity index (χ2n) is 7.49. The Morgan fingerprint density at radius 3 is 2.15 bits per heavy atom. The van der Waals surface area contributed by atoms with E-state index in [-0.39, 0.29) is 10.5 Å². The van der Waals surface area contributed by atoms with Gasteiger partial charge in [-0.25, -0.2) is 27.0 Å². The van der Waals surface area contributed by atoms with Gasteiger partial charge >= 0.3 is 0 Å². The number of rotatable bonds is 5. The largest absolute Gasteiger partial charge is 0.275 e. The fraction of sp³-hybridized carbons (Fsp3) is 0.0833. The summed E-state index contributed by atoms with van der Waals surface area (Å²) in [6.07, 6.45) is 1.47. The molecular formula is C24H19F2N3O3S. The first-order valence-corrected chi connectivity index (χ1v) is 11.5. The molecule has 33 heavy (non-hydrogen) atoms. The Morgan fingerprint density at radius 1 is 0.909 bits per heavy atom. The average molecular weight is 467 g/mol. The molecule has 0 amide bonds. The molecular weight excluding hydrogens is 448 g/mol. The molecule has 0 bridgehead atoms. The Bertz CT molecular complexity index is 1480. The third kappa shape index (κ3) is 4.59. The molecule has 6 nitrogen and oxygen atoms in total. The van der Waals surface area contributed by atoms with Gasteiger partial charge in [-0.05, 0) is 60.0 Å². The van der Waals surface area contributed by atoms with Crippen LogP contribution in [0.3, 0.4) is 0 Å². The lowest BCUT2D eigenvalue weighted by Crippen LogP contribution is -2.28. The maximum atomic E-state index is 13.7. The minimum absolute atomic E-state index is 0.0735. The molecule has 4 rings (SSSR count). The predicted octanol–water partition coefficient (Wildman–Crippen LogP) is 4.11. The molecule has 0 aliphatic rings. The van der Waals surface area contributed by atoms with Crippen LogP contribution in [0.1, 0.15) is 18.5 Å². The molecule has 0 aliphatic carbocycles. The molecule has 1 atom stereocenters. The van der Waals surface area contributed by atoms with Crippen LogP contribution in [-0.4, -0.2) is 18.2 Å². The summed E-state index contributed by atoms with van der Waals surface area (Å²) in [4.78, 5) is 13.5. The van der Waals surface area contributed by atoms with Crippen molar-refractivity contribution in [2.45, 2.75) is 17.9 Å². The molecule has 0 saturated carbocycles. The summed E-state index contributed by atoms with van der Waals surface area (Å²) in [7, 11) is -3.88. The maximum Gasteiger partial charge on any atom is 0.275 e. The number of primary sulfonamides is 1. The van der Waals surface area contributed by atoms with E-state index in [0.29, 0.717) is 22.3 Å². The van der Waals surface area contributed by atoms with Gasteiger partial charge in [0.25, 0.3) is 5.56 Å². The number of sulfonamides is 1. The number of aromatic nitrogens is 2. The van der Waals surface area contributed by atoms with Crippen LogP contribution in [0.5, 0.6) is 0 Å². The van der Waals surface area contributed by atoms with Crippen molar-refractivity contribution in [2.24, 2.45) is 5.14 Å². The Kier molecular flexibility index (Phi) is 5.92. The Morgan fingerprint density at radius 2 is 1.55 bits per heavy atom. The van der Waals surface area contributed by atoms with Gasteiger partial charge in [-0.15, -0.1) is 0 Å². The van der Waals surface area contributed by atoms with Crippen LogP contribution >= 0.6 is 0 Å². The van der Waals surface area contributed by atoms with E-state index in [4.69, 9.17) is 5.14 Å². The number of hydrogen-bond acceptors (Lipinski definition) is 4. The van der Waals surface area contributed by atoms with Gasteiger partial charge in [0.05, 0.1) is 22.7 Å². The fourth-order valence-electron chi connectivity index (χ4n) is 3.59. The zero-order valence-electron chi connectivity index (χ0n) is 17.4. The smallest absolute Gasteiger partial charge is 0.267 e. The molecule has 0 aliphatic heterocycles. The van der Waals surface area contributed by atoms with Crippen molar-refractivity contribution >= 4 is 10.0 Å². The Balaban J connectivity index is 1.91. The summed E-state index contributed by atoms with van der Waals surface area (Å²) in [5, 5.41) is 9.47. The molecule has 4 aromatic rings. The van der Waals surface area contributed by atoms with Crippen LogP contribution < -0.4 is 10.7 Å². The molecule has 0 spiro atoms. The highest BCUT2D eigenvalue weighted by molar-refractivity contribution is 7.89. The highest BCUT2D eigenvalue weighted by Gasteiger charge is 2.20. The van der Waals surface area contributed by atoms with E-state index in [1.54, 1.807) is 19.1 Å². The highest BCUT2D eigenvalue weighted by atomic mass is 32.2. The van der Waals surface area contributed by atoms with Gasteiger partial charge in [-0.2, -0.15) is 5.10 Å². The minimum Gasteiger partial charge on any atom is -0.267 e. The van der Waals surface area contributed by atoms with Gasteiger partial charge in [0.2, 0.25) is 10.0 Å². The average Bonchev–Trinajstić information content (AvgIpc) is 2.79. The van der Waals surface area contributed by atoms with E-state index in [1.165, 1.54) is 71.5 Å². The van der Waals surface area contributed by atoms with Crippen molar-refractivity contribution in [3.8, 4) is 22.3 Å². The molecule has 2 N–H and O–H groups in total. The van der Waals surface area contributed by atoms with Gasteiger partial charge in [-0.1, -0.05) is 36.4 Å². The number of nitrogens with two attached hydrogens (primary N) is 1. The van der Waals surface area contributed by atoms with E-state index in [9.17, 15) is 22.0 Å². The zero-order valence-corrected chi connectivity index (χ0v) is 18.3. The number of hydrogen-bond donors (Lipinski definition) is 1. The number of benzene rings is 3. The maximum absolute atomic E-state index is 13.7. The lowest BCUT2D eigenvalue weighted by molar-refractivity contribution is 0.528. The zero-order chi connectivity index (χ0) is 23.8. The molecule has 1 aromatic heterocycles. The summed E-state index contributed by atoms with van der Waals surface area (Å²) in [5.74, 6) is -0.891. The van der Waals surface area contributed by atoms with E-state index < -0.39 is 33.3 Å². The van der Waals surface area contributed by atoms with E-state index in [0.717, 1.165) is 0 Å². The summed E-state index contributed by atoms with van der Waals surface area (Å²) < 4.78 is 51.7. The van der Waals surface area contributed by atoms with Gasteiger partial charge in [0.15, 0.2) is 0 Å². The summed E-state index contributed by atoms with van der Waals surface area (Å²) >= 11 is 0. The van der Waals surface area contributed by atoms with E-state index in [1.807, 2.05) is 0 Å². The normalized spacial score (nSPS) is 12.5. The SMILES string of the molecule is CC(c1cccc(F)c1)n1ncc(-c2ccc(S(N)(=O)=O)cc2)c(-c2ccc(F)cc2)c1=O. The minimum atomic E-state index is -3.88. The van der Waals surface area contributed by atoms with Gasteiger partial charge in [-0.3, -0.25) is 4.79 Å². The predicted molar refractivity (Wildman–Crippen MR) is 121 cm³/mol. The van der Waals surface area contributed by atoms with Crippen molar-refractivity contribution < 1.29 is 17.2 Å². The molecule has 9 heteroatoms. The lowest BCUT2D eigenvalue weighted by Gasteiger charge is -2.18. The van der Waals surface area contributed by atoms with Gasteiger partial charge < -0.3 is 0 Å². The number of nitrogens with zero attached hydrogens (tertiary/aromatic N) is 2. The van der Waals surface area contributed by atoms with Crippen molar-refractivity contribution in [2.75, 3.05) is 0 Å². The molecule has 0 saturated heterocycles. The molecule has 1 unspecified atom stereocenters. The van der Waals surface area contributed by atoms with Crippen molar-refractivity contribution in [1.29, 1.82) is 0 Å². The Hall–Kier alpha value is -3.69. The van der Waals surface area contributed by atoms with Crippen LogP contribution in [0, 0.1) is 11.6 Å². The second kappa shape index (κ2) is 8.68. The monoisotopic (exact) mass is 467 g/mol. The van der Waals surface area contributed by atoms with Crippen molar-refractivity contribution in [3.05, 3.63) is 107 Å². The van der Waals surface area contributed by atoms with E-state index in [2.05, 4.69) is 5.10 Å². The topological polar surface area (TPSA) is 95.1 Å². The molecule has 3 aromatic carbocycles. The standard InChI is InChI=1S/C24H19F2N3O3S/c1-15(18-3-2-4-20(26)13-18)29-24(30)23(17-5-9-19(25)10-6-17)22(14-28-29)16-7-11-21(12-8-16)33(27,31)32/h2-15H,1H3,(H2,27,31,32). The highest BCUT2D eigenvalue weighted by Crippen LogP contribution is 2.30. The first kappa shape index (κ1) is 22.5. The van der Waals surface area contributed by atoms with Crippen LogP contribution in [0.2, 0.25) is 0 Å². The van der Waals surface area contributed by atoms with Crippen LogP contribution in [0.15, 0.2) is 88.7 Å². The fourth-order valence-corrected chi connectivity index (χ4v) is 4.10. The third-order valence-corrected chi connectivity index (χ3v) is 6.26. The van der Waals surface area contributed by atoms with Gasteiger partial charge in [0.1, 0.15) is 11.6 Å². The first-order valence-electron chi connectivity index (χ1n) is 9.91. The molecule has 168 valence electrons. The third-order valence-electron chi connectivity index (χ3n) is 5.33. The van der Waals surface area contributed by atoms with E-state index >= 15 is 0 Å². The van der Waals surface area contributed by atoms with Crippen LogP contribution in [-0.2, 0) is 10.0 Å². The Labute approximate surface area is 189 Å². The van der Waals surface area contributed by atoms with Crippen molar-refractivity contribution in [3.63, 3.8) is 0 Å². The summed E-state index contributed by atoms with van der Waals surface area (Å²) in [5.41, 5.74) is 1.74. The lowest BCUT2D eigenvalue weighted by atomic mass is 9.97. The quantitative estimate of drug-likeness (QED) is 0.478. The number of halogens is 2. The van der Waals surface area contributed by atoms with Gasteiger partial charge in [0, 0.05) is 5.56 Å². The van der Waals surface area contributed by atoms with Crippen LogP contribution in [0.4, 0.5) is 8.78 Å². The van der Waals surface area contributed by atoms with Crippen LogP contribution in [0.25, 0.3) is 22.3 Å². The molecule has 0 radical (unpaired) electrons. The first-order chi connectivity index (χ1) is 15.6. The van der Waals surface area contributed by atoms with Crippen molar-refractivity contribution in [1.82, 2.24) is 9.78 Å².